The Morgan fingerprint density at radius 3 is 1.92 bits per heavy atom. The van der Waals surface area contributed by atoms with Crippen molar-refractivity contribution in [2.75, 3.05) is 65.9 Å². The minimum absolute atomic E-state index is 0.0378. The van der Waals surface area contributed by atoms with E-state index in [4.69, 9.17) is 33.5 Å². The number of esters is 1. The number of aromatic nitrogens is 2. The number of aliphatic carboxylic acids is 1. The number of hydrogen-bond acceptors (Lipinski definition) is 14. The minimum atomic E-state index is -4.14. The van der Waals surface area contributed by atoms with Gasteiger partial charge in [0.1, 0.15) is 36.1 Å². The number of ether oxygens (including phenoxy) is 6. The molecule has 0 fully saturated rings. The standard InChI is InChI=1S/C45H63FN4O13S/c1-43(2,3)63-41(55)45(6,7)31-44(4,5)17-9-8-10-32-26-35(13-16-37(32)46)62-34-11-14-36(15-12-34)64(56,57)42-49-27-33(28-50-42)40(54)48-19-21-59-22-24-60-29-38(51)47-18-20-58-23-25-61-30-39(52)53/h11-16,26-28H,8-10,17-25,29-31H2,1-7H3,(H,47,51)(H,48,54)(H,52,53). The van der Waals surface area contributed by atoms with Gasteiger partial charge in [-0.25, -0.2) is 27.6 Å². The van der Waals surface area contributed by atoms with Gasteiger partial charge in [-0.3, -0.25) is 14.4 Å². The molecule has 0 saturated carbocycles. The Morgan fingerprint density at radius 2 is 1.31 bits per heavy atom. The number of amides is 2. The number of carbonyl (C=O) groups is 4. The van der Waals surface area contributed by atoms with E-state index in [0.717, 1.165) is 31.7 Å². The van der Waals surface area contributed by atoms with Crippen molar-refractivity contribution >= 4 is 33.6 Å². The Morgan fingerprint density at radius 1 is 0.734 bits per heavy atom. The highest BCUT2D eigenvalue weighted by Crippen LogP contribution is 2.39. The van der Waals surface area contributed by atoms with Crippen molar-refractivity contribution in [3.05, 3.63) is 71.8 Å². The average molecular weight is 919 g/mol. The fourth-order valence-corrected chi connectivity index (χ4v) is 7.50. The van der Waals surface area contributed by atoms with Crippen LogP contribution in [0, 0.1) is 16.6 Å². The Hall–Kier alpha value is -5.08. The van der Waals surface area contributed by atoms with Crippen molar-refractivity contribution in [2.45, 2.75) is 96.2 Å². The average Bonchev–Trinajstić information content (AvgIpc) is 3.21. The summed E-state index contributed by atoms with van der Waals surface area (Å²) in [6, 6.07) is 10.1. The molecule has 17 nitrogen and oxygen atoms in total. The number of halogens is 1. The molecule has 0 bridgehead atoms. The number of unbranched alkanes of at least 4 members (excludes halogenated alkanes) is 1. The highest BCUT2D eigenvalue weighted by Gasteiger charge is 2.37. The molecule has 1 aromatic heterocycles. The third-order valence-corrected chi connectivity index (χ3v) is 10.8. The van der Waals surface area contributed by atoms with E-state index < -0.39 is 44.5 Å². The summed E-state index contributed by atoms with van der Waals surface area (Å²) in [7, 11) is -4.14. The second kappa shape index (κ2) is 25.4. The molecule has 0 atom stereocenters. The molecule has 0 aliphatic carbocycles. The highest BCUT2D eigenvalue weighted by molar-refractivity contribution is 7.91. The highest BCUT2D eigenvalue weighted by atomic mass is 32.2. The third kappa shape index (κ3) is 19.8. The first-order valence-electron chi connectivity index (χ1n) is 21.0. The van der Waals surface area contributed by atoms with Crippen LogP contribution in [0.15, 0.2) is 64.9 Å². The van der Waals surface area contributed by atoms with E-state index in [0.29, 0.717) is 29.9 Å². The largest absolute Gasteiger partial charge is 0.480 e. The lowest BCUT2D eigenvalue weighted by Gasteiger charge is -2.35. The van der Waals surface area contributed by atoms with Crippen LogP contribution in [-0.4, -0.2) is 119 Å². The molecule has 64 heavy (non-hydrogen) atoms. The van der Waals surface area contributed by atoms with Crippen molar-refractivity contribution in [3.8, 4) is 11.5 Å². The summed E-state index contributed by atoms with van der Waals surface area (Å²) in [5.74, 6) is -1.80. The monoisotopic (exact) mass is 918 g/mol. The fourth-order valence-electron chi connectivity index (χ4n) is 6.42. The van der Waals surface area contributed by atoms with Crippen LogP contribution in [0.4, 0.5) is 4.39 Å². The fraction of sp³-hybridized carbons (Fsp3) is 0.556. The van der Waals surface area contributed by atoms with Gasteiger partial charge in [-0.15, -0.1) is 0 Å². The van der Waals surface area contributed by atoms with Gasteiger partial charge in [0.05, 0.1) is 55.5 Å². The molecular formula is C45H63FN4O13S. The zero-order valence-corrected chi connectivity index (χ0v) is 38.6. The Balaban J connectivity index is 1.37. The van der Waals surface area contributed by atoms with Crippen molar-refractivity contribution in [1.29, 1.82) is 0 Å². The summed E-state index contributed by atoms with van der Waals surface area (Å²) in [6.07, 6.45) is 5.75. The smallest absolute Gasteiger partial charge is 0.329 e. The maximum absolute atomic E-state index is 14.8. The van der Waals surface area contributed by atoms with Gasteiger partial charge in [-0.05, 0) is 114 Å². The number of carboxylic acid groups (broad SMARTS) is 1. The molecule has 0 saturated heterocycles. The van der Waals surface area contributed by atoms with Gasteiger partial charge in [0.25, 0.3) is 11.1 Å². The zero-order chi connectivity index (χ0) is 47.4. The first-order valence-corrected chi connectivity index (χ1v) is 22.5. The van der Waals surface area contributed by atoms with Crippen LogP contribution in [0.3, 0.4) is 0 Å². The second-order valence-electron chi connectivity index (χ2n) is 17.3. The number of hydrogen-bond donors (Lipinski definition) is 3. The molecule has 2 aromatic carbocycles. The van der Waals surface area contributed by atoms with E-state index >= 15 is 0 Å². The lowest BCUT2D eigenvalue weighted by Crippen LogP contribution is -2.36. The van der Waals surface area contributed by atoms with Crippen LogP contribution in [0.2, 0.25) is 0 Å². The van der Waals surface area contributed by atoms with E-state index in [2.05, 4.69) is 34.4 Å². The first kappa shape index (κ1) is 53.3. The molecular weight excluding hydrogens is 856 g/mol. The predicted octanol–water partition coefficient (Wildman–Crippen LogP) is 5.73. The minimum Gasteiger partial charge on any atom is -0.480 e. The molecule has 3 rings (SSSR count). The van der Waals surface area contributed by atoms with E-state index in [-0.39, 0.29) is 92.9 Å². The van der Waals surface area contributed by atoms with Gasteiger partial charge in [-0.2, -0.15) is 0 Å². The Labute approximate surface area is 375 Å². The molecule has 0 unspecified atom stereocenters. The van der Waals surface area contributed by atoms with Crippen molar-refractivity contribution in [2.24, 2.45) is 10.8 Å². The summed E-state index contributed by atoms with van der Waals surface area (Å²) < 4.78 is 73.6. The van der Waals surface area contributed by atoms with Crippen LogP contribution in [0.5, 0.6) is 11.5 Å². The van der Waals surface area contributed by atoms with Crippen LogP contribution in [-0.2, 0) is 54.3 Å². The lowest BCUT2D eigenvalue weighted by atomic mass is 9.72. The normalized spacial score (nSPS) is 12.1. The van der Waals surface area contributed by atoms with E-state index in [1.54, 1.807) is 6.07 Å². The van der Waals surface area contributed by atoms with Crippen molar-refractivity contribution < 1.29 is 65.5 Å². The molecule has 19 heteroatoms. The predicted molar refractivity (Wildman–Crippen MR) is 232 cm³/mol. The Bertz CT molecular complexity index is 2070. The van der Waals surface area contributed by atoms with Crippen molar-refractivity contribution in [1.82, 2.24) is 20.6 Å². The van der Waals surface area contributed by atoms with Crippen LogP contribution < -0.4 is 15.4 Å². The van der Waals surface area contributed by atoms with Gasteiger partial charge in [0.15, 0.2) is 0 Å². The van der Waals surface area contributed by atoms with Crippen LogP contribution in [0.1, 0.15) is 90.1 Å². The molecule has 3 N–H and O–H groups in total. The quantitative estimate of drug-likeness (QED) is 0.0429. The SMILES string of the molecule is CC(C)(CCCCc1cc(Oc2ccc(S(=O)(=O)c3ncc(C(=O)NCCOCCOCC(=O)NCCOCCOCC(=O)O)cn3)cc2)ccc1F)CC(C)(C)C(=O)OC(C)(C)C. The van der Waals surface area contributed by atoms with Gasteiger partial charge in [0, 0.05) is 25.5 Å². The molecule has 3 aromatic rings. The van der Waals surface area contributed by atoms with Crippen LogP contribution in [0.25, 0.3) is 0 Å². The molecule has 0 aliphatic heterocycles. The van der Waals surface area contributed by atoms with Crippen molar-refractivity contribution in [3.63, 3.8) is 0 Å². The van der Waals surface area contributed by atoms with E-state index in [1.807, 2.05) is 34.6 Å². The summed E-state index contributed by atoms with van der Waals surface area (Å²) >= 11 is 0. The summed E-state index contributed by atoms with van der Waals surface area (Å²) in [6.45, 7) is 14.4. The Kier molecular flexibility index (Phi) is 21.2. The molecule has 1 heterocycles. The third-order valence-electron chi connectivity index (χ3n) is 9.24. The number of carbonyl (C=O) groups excluding carboxylic acids is 3. The maximum atomic E-state index is 14.8. The number of nitrogens with zero attached hydrogens (tertiary/aromatic N) is 2. The molecule has 354 valence electrons. The van der Waals surface area contributed by atoms with E-state index in [9.17, 15) is 32.0 Å². The van der Waals surface area contributed by atoms with Gasteiger partial charge < -0.3 is 44.2 Å². The topological polar surface area (TPSA) is 228 Å². The molecule has 0 spiro atoms. The number of sulfone groups is 1. The van der Waals surface area contributed by atoms with E-state index in [1.165, 1.54) is 36.4 Å². The second-order valence-corrected chi connectivity index (χ2v) is 19.2. The number of benzene rings is 2. The number of aryl methyl sites for hydroxylation is 1. The summed E-state index contributed by atoms with van der Waals surface area (Å²) in [5, 5.41) is 13.2. The molecule has 0 radical (unpaired) electrons. The molecule has 2 amide bonds. The molecule has 0 aliphatic rings. The number of nitrogens with one attached hydrogen (secondary N) is 2. The van der Waals surface area contributed by atoms with Gasteiger partial charge in [0.2, 0.25) is 15.7 Å². The number of rotatable bonds is 29. The van der Waals surface area contributed by atoms with Gasteiger partial charge >= 0.3 is 11.9 Å². The van der Waals surface area contributed by atoms with Crippen LogP contribution >= 0.6 is 0 Å². The van der Waals surface area contributed by atoms with Gasteiger partial charge in [-0.1, -0.05) is 20.3 Å². The lowest BCUT2D eigenvalue weighted by molar-refractivity contribution is -0.167. The zero-order valence-electron chi connectivity index (χ0n) is 37.8. The summed E-state index contributed by atoms with van der Waals surface area (Å²) in [5.41, 5.74) is -0.810. The first-order chi connectivity index (χ1) is 30.1. The maximum Gasteiger partial charge on any atom is 0.329 e. The number of carboxylic acids is 1. The summed E-state index contributed by atoms with van der Waals surface area (Å²) in [4.78, 5) is 55.2.